The average Bonchev–Trinajstić information content (AvgIpc) is 2.67. The molecule has 1 aliphatic rings. The highest BCUT2D eigenvalue weighted by Crippen LogP contribution is 2.18. The van der Waals surface area contributed by atoms with Gasteiger partial charge in [0.15, 0.2) is 0 Å². The fourth-order valence-corrected chi connectivity index (χ4v) is 1.86. The molecule has 0 aliphatic carbocycles. The number of likely N-dealkylation sites (tertiary alicyclic amines) is 1. The Hall–Kier alpha value is -1.30. The molecule has 6 nitrogen and oxygen atoms in total. The van der Waals surface area contributed by atoms with Gasteiger partial charge >= 0.3 is 12.0 Å². The number of nitrogens with zero attached hydrogens (tertiary/aromatic N) is 1. The van der Waals surface area contributed by atoms with Gasteiger partial charge in [0.1, 0.15) is 6.04 Å². The van der Waals surface area contributed by atoms with E-state index in [1.54, 1.807) is 0 Å². The lowest BCUT2D eigenvalue weighted by Gasteiger charge is -2.23. The van der Waals surface area contributed by atoms with Crippen molar-refractivity contribution in [3.8, 4) is 0 Å². The average molecular weight is 258 g/mol. The van der Waals surface area contributed by atoms with E-state index in [1.165, 1.54) is 4.90 Å². The molecule has 1 fully saturated rings. The van der Waals surface area contributed by atoms with E-state index in [-0.39, 0.29) is 13.0 Å². The van der Waals surface area contributed by atoms with Gasteiger partial charge < -0.3 is 20.4 Å². The second-order valence-electron chi connectivity index (χ2n) is 5.30. The summed E-state index contributed by atoms with van der Waals surface area (Å²) >= 11 is 0. The van der Waals surface area contributed by atoms with Crippen LogP contribution in [0.4, 0.5) is 4.79 Å². The van der Waals surface area contributed by atoms with E-state index >= 15 is 0 Å². The van der Waals surface area contributed by atoms with E-state index in [9.17, 15) is 14.7 Å². The van der Waals surface area contributed by atoms with Crippen LogP contribution in [0.2, 0.25) is 0 Å². The summed E-state index contributed by atoms with van der Waals surface area (Å²) in [5, 5.41) is 21.2. The highest BCUT2D eigenvalue weighted by atomic mass is 16.4. The Labute approximate surface area is 107 Å². The summed E-state index contributed by atoms with van der Waals surface area (Å²) in [6.07, 6.45) is -0.651. The van der Waals surface area contributed by atoms with Crippen LogP contribution in [-0.2, 0) is 4.79 Å². The minimum atomic E-state index is -1.07. The summed E-state index contributed by atoms with van der Waals surface area (Å²) in [5.74, 6) is -0.298. The summed E-state index contributed by atoms with van der Waals surface area (Å²) in [7, 11) is 0. The number of carboxylic acids is 1. The molecule has 0 aromatic carbocycles. The zero-order valence-corrected chi connectivity index (χ0v) is 11.1. The van der Waals surface area contributed by atoms with Crippen molar-refractivity contribution in [2.45, 2.75) is 39.3 Å². The molecule has 1 saturated heterocycles. The number of carbonyl (C=O) groups is 2. The molecule has 1 aliphatic heterocycles. The minimum absolute atomic E-state index is 0.0822. The van der Waals surface area contributed by atoms with Gasteiger partial charge in [-0.3, -0.25) is 0 Å². The van der Waals surface area contributed by atoms with Crippen molar-refractivity contribution in [1.82, 2.24) is 10.2 Å². The summed E-state index contributed by atoms with van der Waals surface area (Å²) < 4.78 is 0. The third-order valence-corrected chi connectivity index (χ3v) is 3.54. The minimum Gasteiger partial charge on any atom is -0.480 e. The van der Waals surface area contributed by atoms with Crippen molar-refractivity contribution in [3.05, 3.63) is 0 Å². The van der Waals surface area contributed by atoms with Gasteiger partial charge in [-0.15, -0.1) is 0 Å². The Kier molecular flexibility index (Phi) is 4.95. The van der Waals surface area contributed by atoms with Crippen LogP contribution in [0.5, 0.6) is 0 Å². The number of carboxylic acid groups (broad SMARTS) is 1. The third-order valence-electron chi connectivity index (χ3n) is 3.54. The number of carbonyl (C=O) groups excluding carboxylic acids is 1. The molecule has 1 heterocycles. The maximum Gasteiger partial charge on any atom is 0.326 e. The number of hydrogen-bond acceptors (Lipinski definition) is 3. The second kappa shape index (κ2) is 6.04. The van der Waals surface area contributed by atoms with Crippen molar-refractivity contribution in [2.24, 2.45) is 11.8 Å². The highest BCUT2D eigenvalue weighted by molar-refractivity contribution is 5.83. The van der Waals surface area contributed by atoms with Crippen LogP contribution in [0.15, 0.2) is 0 Å². The molecular formula is C12H22N2O4. The number of rotatable bonds is 4. The molecule has 6 heteroatoms. The molecule has 0 aromatic rings. The van der Waals surface area contributed by atoms with E-state index in [1.807, 2.05) is 6.92 Å². The highest BCUT2D eigenvalue weighted by Gasteiger charge is 2.38. The Bertz CT molecular complexity index is 319. The first-order valence-electron chi connectivity index (χ1n) is 6.28. The molecule has 104 valence electrons. The van der Waals surface area contributed by atoms with Crippen LogP contribution >= 0.6 is 0 Å². The summed E-state index contributed by atoms with van der Waals surface area (Å²) in [6.45, 7) is 6.75. The normalized spacial score (nSPS) is 25.3. The van der Waals surface area contributed by atoms with Crippen molar-refractivity contribution in [2.75, 3.05) is 13.1 Å². The molecule has 0 aromatic heterocycles. The topological polar surface area (TPSA) is 89.9 Å². The number of β-amino-alcohol motifs (C(OH)–C–C–N with tert-alkyl or cyclic N) is 1. The van der Waals surface area contributed by atoms with Crippen molar-refractivity contribution >= 4 is 12.0 Å². The maximum absolute atomic E-state index is 11.9. The van der Waals surface area contributed by atoms with E-state index in [4.69, 9.17) is 5.11 Å². The SMILES string of the molecule is CC(C)C(C)CNC(=O)N1CC(O)CC1C(=O)O. The molecule has 3 atom stereocenters. The molecule has 3 unspecified atom stereocenters. The van der Waals surface area contributed by atoms with Gasteiger partial charge in [-0.1, -0.05) is 20.8 Å². The Morgan fingerprint density at radius 2 is 2.00 bits per heavy atom. The van der Waals surface area contributed by atoms with Crippen molar-refractivity contribution in [1.29, 1.82) is 0 Å². The van der Waals surface area contributed by atoms with E-state index in [0.717, 1.165) is 0 Å². The lowest BCUT2D eigenvalue weighted by Crippen LogP contribution is -2.47. The Morgan fingerprint density at radius 1 is 1.39 bits per heavy atom. The fraction of sp³-hybridized carbons (Fsp3) is 0.833. The quantitative estimate of drug-likeness (QED) is 0.685. The molecule has 0 spiro atoms. The van der Waals surface area contributed by atoms with E-state index in [0.29, 0.717) is 18.4 Å². The summed E-state index contributed by atoms with van der Waals surface area (Å²) in [6, 6.07) is -1.33. The van der Waals surface area contributed by atoms with Gasteiger partial charge in [0, 0.05) is 19.5 Å². The molecular weight excluding hydrogens is 236 g/mol. The Balaban J connectivity index is 2.52. The predicted molar refractivity (Wildman–Crippen MR) is 66.2 cm³/mol. The second-order valence-corrected chi connectivity index (χ2v) is 5.30. The molecule has 18 heavy (non-hydrogen) atoms. The number of amides is 2. The first kappa shape index (κ1) is 14.8. The van der Waals surface area contributed by atoms with E-state index < -0.39 is 24.1 Å². The van der Waals surface area contributed by atoms with Gasteiger partial charge in [-0.05, 0) is 11.8 Å². The lowest BCUT2D eigenvalue weighted by atomic mass is 9.98. The van der Waals surface area contributed by atoms with Gasteiger partial charge in [0.05, 0.1) is 6.10 Å². The van der Waals surface area contributed by atoms with Crippen LogP contribution in [0.3, 0.4) is 0 Å². The van der Waals surface area contributed by atoms with E-state index in [2.05, 4.69) is 19.2 Å². The van der Waals surface area contributed by atoms with Crippen LogP contribution in [0, 0.1) is 11.8 Å². The van der Waals surface area contributed by atoms with Gasteiger partial charge in [-0.2, -0.15) is 0 Å². The number of nitrogens with one attached hydrogen (secondary N) is 1. The number of aliphatic carboxylic acids is 1. The molecule has 0 saturated carbocycles. The number of urea groups is 1. The number of aliphatic hydroxyl groups is 1. The third kappa shape index (κ3) is 3.60. The largest absolute Gasteiger partial charge is 0.480 e. The zero-order chi connectivity index (χ0) is 13.9. The molecule has 3 N–H and O–H groups in total. The predicted octanol–water partition coefficient (Wildman–Crippen LogP) is 0.508. The first-order valence-corrected chi connectivity index (χ1v) is 6.28. The van der Waals surface area contributed by atoms with Crippen LogP contribution in [-0.4, -0.2) is 52.3 Å². The standard InChI is InChI=1S/C12H22N2O4/c1-7(2)8(3)5-13-12(18)14-6-9(15)4-10(14)11(16)17/h7-10,15H,4-6H2,1-3H3,(H,13,18)(H,16,17). The molecule has 0 radical (unpaired) electrons. The van der Waals surface area contributed by atoms with Crippen LogP contribution in [0.25, 0.3) is 0 Å². The van der Waals surface area contributed by atoms with Crippen molar-refractivity contribution in [3.63, 3.8) is 0 Å². The van der Waals surface area contributed by atoms with Gasteiger partial charge in [-0.25, -0.2) is 9.59 Å². The summed E-state index contributed by atoms with van der Waals surface area (Å²) in [4.78, 5) is 24.0. The van der Waals surface area contributed by atoms with Gasteiger partial charge in [0.25, 0.3) is 0 Å². The fourth-order valence-electron chi connectivity index (χ4n) is 1.86. The zero-order valence-electron chi connectivity index (χ0n) is 11.1. The smallest absolute Gasteiger partial charge is 0.326 e. The summed E-state index contributed by atoms with van der Waals surface area (Å²) in [5.41, 5.74) is 0. The van der Waals surface area contributed by atoms with Crippen LogP contribution < -0.4 is 5.32 Å². The molecule has 1 rings (SSSR count). The van der Waals surface area contributed by atoms with Gasteiger partial charge in [0.2, 0.25) is 0 Å². The monoisotopic (exact) mass is 258 g/mol. The first-order chi connectivity index (χ1) is 8.32. The Morgan fingerprint density at radius 3 is 2.50 bits per heavy atom. The lowest BCUT2D eigenvalue weighted by molar-refractivity contribution is -0.141. The number of aliphatic hydroxyl groups excluding tert-OH is 1. The molecule has 0 bridgehead atoms. The van der Waals surface area contributed by atoms with Crippen LogP contribution in [0.1, 0.15) is 27.2 Å². The number of hydrogen-bond donors (Lipinski definition) is 3. The van der Waals surface area contributed by atoms with Crippen molar-refractivity contribution < 1.29 is 19.8 Å². The molecule has 2 amide bonds. The maximum atomic E-state index is 11.9.